The molecule has 0 amide bonds. The standard InChI is InChI=1S/C7H10O2.C6H6O3/c1-3-7(2)5-4-6(8)9-7;1-4-6(8)5(7)2-3-9-4/h3H,1,4-5H2,2H3;2-3,8H,1H3. The van der Waals surface area contributed by atoms with Gasteiger partial charge in [-0.3, -0.25) is 9.59 Å². The van der Waals surface area contributed by atoms with Gasteiger partial charge in [0.2, 0.25) is 11.2 Å². The number of rotatable bonds is 1. The summed E-state index contributed by atoms with van der Waals surface area (Å²) < 4.78 is 9.63. The summed E-state index contributed by atoms with van der Waals surface area (Å²) >= 11 is 0. The highest BCUT2D eigenvalue weighted by Crippen LogP contribution is 2.26. The molecule has 5 nitrogen and oxygen atoms in total. The fourth-order valence-electron chi connectivity index (χ4n) is 1.36. The molecule has 0 bridgehead atoms. The maximum absolute atomic E-state index is 10.5. The second kappa shape index (κ2) is 5.53. The lowest BCUT2D eigenvalue weighted by molar-refractivity contribution is -0.144. The minimum absolute atomic E-state index is 0.114. The second-order valence-electron chi connectivity index (χ2n) is 4.18. The minimum atomic E-state index is -0.404. The van der Waals surface area contributed by atoms with Crippen LogP contribution in [0.4, 0.5) is 0 Å². The van der Waals surface area contributed by atoms with E-state index in [1.165, 1.54) is 19.3 Å². The zero-order chi connectivity index (χ0) is 13.8. The topological polar surface area (TPSA) is 76.7 Å². The largest absolute Gasteiger partial charge is 0.502 e. The van der Waals surface area contributed by atoms with Crippen LogP contribution in [0.25, 0.3) is 0 Å². The molecule has 18 heavy (non-hydrogen) atoms. The summed E-state index contributed by atoms with van der Waals surface area (Å²) in [5.74, 6) is -0.169. The van der Waals surface area contributed by atoms with Gasteiger partial charge in [-0.25, -0.2) is 0 Å². The van der Waals surface area contributed by atoms with Crippen LogP contribution >= 0.6 is 0 Å². The first-order valence-electron chi connectivity index (χ1n) is 5.51. The van der Waals surface area contributed by atoms with E-state index in [1.807, 2.05) is 6.92 Å². The Kier molecular flexibility index (Phi) is 4.31. The Labute approximate surface area is 105 Å². The summed E-state index contributed by atoms with van der Waals surface area (Å²) in [7, 11) is 0. The lowest BCUT2D eigenvalue weighted by Crippen LogP contribution is -2.19. The van der Waals surface area contributed by atoms with Crippen molar-refractivity contribution in [2.75, 3.05) is 0 Å². The molecule has 0 aliphatic carbocycles. The zero-order valence-electron chi connectivity index (χ0n) is 10.4. The third kappa shape index (κ3) is 3.48. The summed E-state index contributed by atoms with van der Waals surface area (Å²) in [5, 5.41) is 8.80. The molecular weight excluding hydrogens is 236 g/mol. The molecule has 1 aliphatic heterocycles. The van der Waals surface area contributed by atoms with Crippen LogP contribution in [0.5, 0.6) is 5.75 Å². The molecule has 1 unspecified atom stereocenters. The Balaban J connectivity index is 0.000000180. The fourth-order valence-corrected chi connectivity index (χ4v) is 1.36. The number of esters is 1. The van der Waals surface area contributed by atoms with Gasteiger partial charge in [0.15, 0.2) is 0 Å². The maximum Gasteiger partial charge on any atom is 0.306 e. The van der Waals surface area contributed by atoms with Gasteiger partial charge >= 0.3 is 5.97 Å². The molecular formula is C13H16O5. The van der Waals surface area contributed by atoms with Crippen molar-refractivity contribution < 1.29 is 19.1 Å². The first-order chi connectivity index (χ1) is 8.38. The van der Waals surface area contributed by atoms with E-state index in [9.17, 15) is 9.59 Å². The Morgan fingerprint density at radius 2 is 2.17 bits per heavy atom. The van der Waals surface area contributed by atoms with Crippen LogP contribution in [0.15, 0.2) is 34.2 Å². The molecule has 1 fully saturated rings. The molecule has 1 atom stereocenters. The van der Waals surface area contributed by atoms with Crippen molar-refractivity contribution in [2.24, 2.45) is 0 Å². The highest BCUT2D eigenvalue weighted by atomic mass is 16.6. The van der Waals surface area contributed by atoms with Gasteiger partial charge in [0.25, 0.3) is 0 Å². The minimum Gasteiger partial charge on any atom is -0.502 e. The molecule has 0 spiro atoms. The van der Waals surface area contributed by atoms with Crippen LogP contribution < -0.4 is 5.43 Å². The van der Waals surface area contributed by atoms with Gasteiger partial charge in [0, 0.05) is 18.9 Å². The first kappa shape index (κ1) is 14.0. The maximum atomic E-state index is 10.5. The van der Waals surface area contributed by atoms with Gasteiger partial charge in [-0.15, -0.1) is 0 Å². The lowest BCUT2D eigenvalue weighted by Gasteiger charge is -2.15. The monoisotopic (exact) mass is 252 g/mol. The third-order valence-electron chi connectivity index (χ3n) is 2.64. The predicted octanol–water partition coefficient (Wildman–Crippen LogP) is 1.92. The molecule has 0 saturated carbocycles. The van der Waals surface area contributed by atoms with Gasteiger partial charge in [0.05, 0.1) is 6.26 Å². The number of carbonyl (C=O) groups excluding carboxylic acids is 1. The van der Waals surface area contributed by atoms with Crippen molar-refractivity contribution in [1.82, 2.24) is 0 Å². The van der Waals surface area contributed by atoms with Crippen molar-refractivity contribution in [3.63, 3.8) is 0 Å². The highest BCUT2D eigenvalue weighted by molar-refractivity contribution is 5.72. The summed E-state index contributed by atoms with van der Waals surface area (Å²) in [6.07, 6.45) is 4.23. The fraction of sp³-hybridized carbons (Fsp3) is 0.385. The van der Waals surface area contributed by atoms with Crippen LogP contribution in [0.3, 0.4) is 0 Å². The Hall–Kier alpha value is -2.04. The number of cyclic esters (lactones) is 1. The average molecular weight is 252 g/mol. The Morgan fingerprint density at radius 3 is 2.50 bits per heavy atom. The van der Waals surface area contributed by atoms with E-state index in [0.29, 0.717) is 6.42 Å². The van der Waals surface area contributed by atoms with Crippen molar-refractivity contribution >= 4 is 5.97 Å². The third-order valence-corrected chi connectivity index (χ3v) is 2.64. The van der Waals surface area contributed by atoms with Gasteiger partial charge < -0.3 is 14.3 Å². The zero-order valence-corrected chi connectivity index (χ0v) is 10.4. The molecule has 5 heteroatoms. The van der Waals surface area contributed by atoms with Gasteiger partial charge in [0.1, 0.15) is 11.4 Å². The molecule has 0 radical (unpaired) electrons. The number of aromatic hydroxyl groups is 1. The predicted molar refractivity (Wildman–Crippen MR) is 65.3 cm³/mol. The summed E-state index contributed by atoms with van der Waals surface area (Å²) in [6, 6.07) is 1.17. The second-order valence-corrected chi connectivity index (χ2v) is 4.18. The van der Waals surface area contributed by atoms with Crippen LogP contribution in [-0.2, 0) is 9.53 Å². The first-order valence-corrected chi connectivity index (χ1v) is 5.51. The van der Waals surface area contributed by atoms with E-state index < -0.39 is 5.43 Å². The number of aryl methyl sites for hydroxylation is 1. The number of hydrogen-bond donors (Lipinski definition) is 1. The van der Waals surface area contributed by atoms with Crippen molar-refractivity contribution in [3.05, 3.63) is 41.0 Å². The smallest absolute Gasteiger partial charge is 0.306 e. The highest BCUT2D eigenvalue weighted by Gasteiger charge is 2.32. The van der Waals surface area contributed by atoms with E-state index in [-0.39, 0.29) is 23.1 Å². The average Bonchev–Trinajstić information content (AvgIpc) is 2.68. The molecule has 0 aromatic carbocycles. The molecule has 1 saturated heterocycles. The molecule has 2 heterocycles. The van der Waals surface area contributed by atoms with Crippen molar-refractivity contribution in [3.8, 4) is 5.75 Å². The molecule has 1 aromatic rings. The molecule has 1 N–H and O–H groups in total. The molecule has 1 aliphatic rings. The summed E-state index contributed by atoms with van der Waals surface area (Å²) in [5.41, 5.74) is -0.782. The summed E-state index contributed by atoms with van der Waals surface area (Å²) in [6.45, 7) is 6.96. The van der Waals surface area contributed by atoms with E-state index in [1.54, 1.807) is 6.08 Å². The van der Waals surface area contributed by atoms with E-state index in [4.69, 9.17) is 9.84 Å². The van der Waals surface area contributed by atoms with Crippen molar-refractivity contribution in [1.29, 1.82) is 0 Å². The quantitative estimate of drug-likeness (QED) is 0.610. The normalized spacial score (nSPS) is 21.8. The van der Waals surface area contributed by atoms with Crippen molar-refractivity contribution in [2.45, 2.75) is 32.3 Å². The van der Waals surface area contributed by atoms with E-state index in [0.717, 1.165) is 6.42 Å². The number of ether oxygens (including phenoxy) is 1. The summed E-state index contributed by atoms with van der Waals surface area (Å²) in [4.78, 5) is 21.1. The van der Waals surface area contributed by atoms with Gasteiger partial charge in [-0.2, -0.15) is 0 Å². The van der Waals surface area contributed by atoms with Crippen LogP contribution in [0, 0.1) is 6.92 Å². The van der Waals surface area contributed by atoms with E-state index in [2.05, 4.69) is 11.0 Å². The molecule has 2 rings (SSSR count). The number of carbonyl (C=O) groups is 1. The molecule has 1 aromatic heterocycles. The Bertz CT molecular complexity index is 502. The van der Waals surface area contributed by atoms with Crippen LogP contribution in [-0.4, -0.2) is 16.7 Å². The van der Waals surface area contributed by atoms with E-state index >= 15 is 0 Å². The Morgan fingerprint density at radius 1 is 1.50 bits per heavy atom. The molecule has 98 valence electrons. The van der Waals surface area contributed by atoms with Crippen LogP contribution in [0.1, 0.15) is 25.5 Å². The lowest BCUT2D eigenvalue weighted by atomic mass is 10.0. The number of hydrogen-bond acceptors (Lipinski definition) is 5. The van der Waals surface area contributed by atoms with Gasteiger partial charge in [-0.05, 0) is 19.9 Å². The van der Waals surface area contributed by atoms with Crippen LogP contribution in [0.2, 0.25) is 0 Å². The SMILES string of the molecule is C=CC1(C)CCC(=O)O1.Cc1occc(=O)c1O. The van der Waals surface area contributed by atoms with Gasteiger partial charge in [-0.1, -0.05) is 6.58 Å².